The summed E-state index contributed by atoms with van der Waals surface area (Å²) in [6.45, 7) is 3.36. The molecule has 104 valence electrons. The highest BCUT2D eigenvalue weighted by Crippen LogP contribution is 2.22. The van der Waals surface area contributed by atoms with Crippen LogP contribution in [-0.4, -0.2) is 34.3 Å². The highest BCUT2D eigenvalue weighted by molar-refractivity contribution is 5.59. The number of hydrogen-bond donors (Lipinski definition) is 2. The van der Waals surface area contributed by atoms with E-state index in [2.05, 4.69) is 20.2 Å². The summed E-state index contributed by atoms with van der Waals surface area (Å²) >= 11 is 0. The van der Waals surface area contributed by atoms with E-state index in [1.165, 1.54) is 0 Å². The molecule has 2 aromatic rings. The first-order valence-corrected chi connectivity index (χ1v) is 6.81. The summed E-state index contributed by atoms with van der Waals surface area (Å²) in [5.74, 6) is 2.37. The third-order valence-electron chi connectivity index (χ3n) is 3.36. The Bertz CT molecular complexity index is 588. The highest BCUT2D eigenvalue weighted by atomic mass is 16.3. The van der Waals surface area contributed by atoms with Crippen LogP contribution in [0.3, 0.4) is 0 Å². The lowest BCUT2D eigenvalue weighted by atomic mass is 10.3. The maximum absolute atomic E-state index is 9.63. The smallest absolute Gasteiger partial charge is 0.136 e. The molecule has 3 rings (SSSR count). The molecule has 20 heavy (non-hydrogen) atoms. The molecule has 2 N–H and O–H groups in total. The fourth-order valence-electron chi connectivity index (χ4n) is 2.40. The van der Waals surface area contributed by atoms with Crippen molar-refractivity contribution >= 4 is 17.3 Å². The molecule has 0 saturated carbocycles. The molecule has 5 nitrogen and oxygen atoms in total. The van der Waals surface area contributed by atoms with Gasteiger partial charge in [0.25, 0.3) is 0 Å². The van der Waals surface area contributed by atoms with Crippen molar-refractivity contribution < 1.29 is 5.11 Å². The number of aryl methyl sites for hydroxylation is 1. The first-order valence-electron chi connectivity index (χ1n) is 6.81. The van der Waals surface area contributed by atoms with Gasteiger partial charge in [0.1, 0.15) is 17.5 Å². The molecular formula is C15H18N4O. The van der Waals surface area contributed by atoms with Crippen LogP contribution in [0.4, 0.5) is 17.3 Å². The average Bonchev–Trinajstić information content (AvgIpc) is 2.86. The second-order valence-corrected chi connectivity index (χ2v) is 5.04. The number of β-amino-alcohol motifs (C(OH)–C–C–N with tert-alkyl or cyclic N) is 1. The van der Waals surface area contributed by atoms with Gasteiger partial charge in [-0.25, -0.2) is 9.97 Å². The molecule has 1 aromatic carbocycles. The van der Waals surface area contributed by atoms with Crippen LogP contribution in [0.2, 0.25) is 0 Å². The number of rotatable bonds is 3. The predicted octanol–water partition coefficient (Wildman–Crippen LogP) is 2.10. The van der Waals surface area contributed by atoms with E-state index in [1.807, 2.05) is 43.3 Å². The SMILES string of the molecule is Cc1nc(Nc2ccccc2)cc(N2CC[C@H](O)C2)n1. The third kappa shape index (κ3) is 2.88. The van der Waals surface area contributed by atoms with Gasteiger partial charge in [0, 0.05) is 24.8 Å². The quantitative estimate of drug-likeness (QED) is 0.894. The minimum Gasteiger partial charge on any atom is -0.391 e. The van der Waals surface area contributed by atoms with Crippen LogP contribution in [0.1, 0.15) is 12.2 Å². The number of aliphatic hydroxyl groups is 1. The van der Waals surface area contributed by atoms with Gasteiger partial charge in [0.2, 0.25) is 0 Å². The lowest BCUT2D eigenvalue weighted by molar-refractivity contribution is 0.198. The largest absolute Gasteiger partial charge is 0.391 e. The van der Waals surface area contributed by atoms with Gasteiger partial charge in [0.15, 0.2) is 0 Å². The molecule has 1 aliphatic rings. The molecule has 0 aliphatic carbocycles. The zero-order chi connectivity index (χ0) is 13.9. The second-order valence-electron chi connectivity index (χ2n) is 5.04. The molecule has 0 bridgehead atoms. The summed E-state index contributed by atoms with van der Waals surface area (Å²) in [6.07, 6.45) is 0.542. The van der Waals surface area contributed by atoms with Gasteiger partial charge >= 0.3 is 0 Å². The Morgan fingerprint density at radius 3 is 2.75 bits per heavy atom. The number of hydrogen-bond acceptors (Lipinski definition) is 5. The Balaban J connectivity index is 1.83. The number of nitrogens with one attached hydrogen (secondary N) is 1. The number of aliphatic hydroxyl groups excluding tert-OH is 1. The number of aromatic nitrogens is 2. The van der Waals surface area contributed by atoms with E-state index in [0.29, 0.717) is 6.54 Å². The van der Waals surface area contributed by atoms with E-state index in [-0.39, 0.29) is 6.10 Å². The Morgan fingerprint density at radius 1 is 1.25 bits per heavy atom. The maximum atomic E-state index is 9.63. The van der Waals surface area contributed by atoms with Crippen molar-refractivity contribution in [2.75, 3.05) is 23.3 Å². The minimum absolute atomic E-state index is 0.254. The molecule has 0 amide bonds. The second kappa shape index (κ2) is 5.46. The first kappa shape index (κ1) is 12.9. The van der Waals surface area contributed by atoms with Crippen LogP contribution in [-0.2, 0) is 0 Å². The molecule has 2 heterocycles. The van der Waals surface area contributed by atoms with Gasteiger partial charge in [-0.05, 0) is 25.5 Å². The lowest BCUT2D eigenvalue weighted by Crippen LogP contribution is -2.22. The van der Waals surface area contributed by atoms with Gasteiger partial charge in [-0.3, -0.25) is 0 Å². The normalized spacial score (nSPS) is 18.3. The van der Waals surface area contributed by atoms with Gasteiger partial charge in [-0.15, -0.1) is 0 Å². The lowest BCUT2D eigenvalue weighted by Gasteiger charge is -2.18. The minimum atomic E-state index is -0.254. The van der Waals surface area contributed by atoms with E-state index in [0.717, 1.165) is 36.1 Å². The number of para-hydroxylation sites is 1. The molecule has 1 aromatic heterocycles. The summed E-state index contributed by atoms with van der Waals surface area (Å²) < 4.78 is 0. The van der Waals surface area contributed by atoms with Crippen molar-refractivity contribution in [3.05, 3.63) is 42.2 Å². The van der Waals surface area contributed by atoms with Crippen molar-refractivity contribution in [1.29, 1.82) is 0 Å². The summed E-state index contributed by atoms with van der Waals surface area (Å²) in [5.41, 5.74) is 0.998. The van der Waals surface area contributed by atoms with Crippen molar-refractivity contribution in [2.24, 2.45) is 0 Å². The predicted molar refractivity (Wildman–Crippen MR) is 79.3 cm³/mol. The Kier molecular flexibility index (Phi) is 3.52. The fraction of sp³-hybridized carbons (Fsp3) is 0.333. The highest BCUT2D eigenvalue weighted by Gasteiger charge is 2.22. The van der Waals surface area contributed by atoms with Crippen LogP contribution >= 0.6 is 0 Å². The van der Waals surface area contributed by atoms with Crippen molar-refractivity contribution in [3.8, 4) is 0 Å². The van der Waals surface area contributed by atoms with Crippen molar-refractivity contribution in [2.45, 2.75) is 19.4 Å². The van der Waals surface area contributed by atoms with Gasteiger partial charge < -0.3 is 15.3 Å². The summed E-state index contributed by atoms with van der Waals surface area (Å²) in [6, 6.07) is 11.9. The monoisotopic (exact) mass is 270 g/mol. The third-order valence-corrected chi connectivity index (χ3v) is 3.36. The van der Waals surface area contributed by atoms with E-state index in [4.69, 9.17) is 0 Å². The summed E-state index contributed by atoms with van der Waals surface area (Å²) in [5, 5.41) is 12.9. The molecule has 5 heteroatoms. The fourth-order valence-corrected chi connectivity index (χ4v) is 2.40. The van der Waals surface area contributed by atoms with Gasteiger partial charge in [-0.1, -0.05) is 18.2 Å². The van der Waals surface area contributed by atoms with E-state index >= 15 is 0 Å². The zero-order valence-electron chi connectivity index (χ0n) is 11.5. The molecular weight excluding hydrogens is 252 g/mol. The van der Waals surface area contributed by atoms with Crippen molar-refractivity contribution in [1.82, 2.24) is 9.97 Å². The van der Waals surface area contributed by atoms with Crippen LogP contribution in [0.25, 0.3) is 0 Å². The maximum Gasteiger partial charge on any atom is 0.136 e. The van der Waals surface area contributed by atoms with Crippen LogP contribution < -0.4 is 10.2 Å². The van der Waals surface area contributed by atoms with E-state index in [9.17, 15) is 5.11 Å². The molecule has 0 spiro atoms. The number of benzene rings is 1. The van der Waals surface area contributed by atoms with Gasteiger partial charge in [-0.2, -0.15) is 0 Å². The average molecular weight is 270 g/mol. The van der Waals surface area contributed by atoms with E-state index in [1.54, 1.807) is 0 Å². The molecule has 1 fully saturated rings. The summed E-state index contributed by atoms with van der Waals surface area (Å²) in [7, 11) is 0. The topological polar surface area (TPSA) is 61.3 Å². The summed E-state index contributed by atoms with van der Waals surface area (Å²) in [4.78, 5) is 11.0. The molecule has 1 aliphatic heterocycles. The molecule has 0 unspecified atom stereocenters. The van der Waals surface area contributed by atoms with Crippen LogP contribution in [0.15, 0.2) is 36.4 Å². The Labute approximate surface area is 118 Å². The zero-order valence-corrected chi connectivity index (χ0v) is 11.5. The van der Waals surface area contributed by atoms with Crippen LogP contribution in [0.5, 0.6) is 0 Å². The first-order chi connectivity index (χ1) is 9.70. The molecule has 1 atom stereocenters. The number of nitrogens with zero attached hydrogens (tertiary/aromatic N) is 3. The van der Waals surface area contributed by atoms with Crippen LogP contribution in [0, 0.1) is 6.92 Å². The van der Waals surface area contributed by atoms with Gasteiger partial charge in [0.05, 0.1) is 6.10 Å². The Morgan fingerprint density at radius 2 is 2.05 bits per heavy atom. The number of anilines is 3. The standard InChI is InChI=1S/C15H18N4O/c1-11-16-14(18-12-5-3-2-4-6-12)9-15(17-11)19-8-7-13(20)10-19/h2-6,9,13,20H,7-8,10H2,1H3,(H,16,17,18)/t13-/m0/s1. The molecule has 0 radical (unpaired) electrons. The molecule has 1 saturated heterocycles. The van der Waals surface area contributed by atoms with E-state index < -0.39 is 0 Å². The van der Waals surface area contributed by atoms with Crippen molar-refractivity contribution in [3.63, 3.8) is 0 Å². The Hall–Kier alpha value is -2.14.